The predicted octanol–water partition coefficient (Wildman–Crippen LogP) is -8.73. The van der Waals surface area contributed by atoms with Crippen molar-refractivity contribution in [3.63, 3.8) is 0 Å². The summed E-state index contributed by atoms with van der Waals surface area (Å²) in [6.45, 7) is -2.38. The van der Waals surface area contributed by atoms with Crippen LogP contribution in [0, 0.1) is 0 Å². The molecule has 0 radical (unpaired) electrons. The Balaban J connectivity index is 1.25. The van der Waals surface area contributed by atoms with Crippen molar-refractivity contribution in [2.24, 2.45) is 0 Å². The van der Waals surface area contributed by atoms with Crippen molar-refractivity contribution in [2.75, 3.05) is 33.0 Å². The van der Waals surface area contributed by atoms with E-state index in [1.807, 2.05) is 0 Å². The van der Waals surface area contributed by atoms with Gasteiger partial charge < -0.3 is 104 Å². The van der Waals surface area contributed by atoms with Gasteiger partial charge in [-0.2, -0.15) is 0 Å². The SMILES string of the molecule is OC[C@@H]1O[C@@H](O[C@H]2[C@H](O[C@@H]3CO[C@@H](O[C@@H]4COC(O)[C@H](O)[C@H]4O)[C@H](O)[C@H]3O)OC[C@@H](O[C@@H]3OC[C@@H](O)[C@H](O)[C@H]3O)[C@@H]2O)[C@H](O)[C@H]1O. The Kier molecular flexibility index (Phi) is 12.2. The van der Waals surface area contributed by atoms with Crippen LogP contribution in [0.25, 0.3) is 0 Å². The van der Waals surface area contributed by atoms with E-state index >= 15 is 0 Å². The Morgan fingerprint density at radius 2 is 0.913 bits per heavy atom. The molecule has 5 saturated heterocycles. The molecule has 0 bridgehead atoms. The van der Waals surface area contributed by atoms with Gasteiger partial charge >= 0.3 is 0 Å². The van der Waals surface area contributed by atoms with Gasteiger partial charge in [0.15, 0.2) is 31.5 Å². The standard InChI is InChI=1S/C25H42O21/c26-1-7-12(29)19(36)24(42-7)46-20-15(32)10(44-22-17(34)11(28)6(27)2-39-22)5-41-25(20)45-9-4-40-23(18(35)14(9)31)43-8-3-38-21(37)16(33)13(8)30/h6-37H,1-5H2/t6-,7+,8-,9-,10-,11+,12+,13+,14+,15+,16-,17-,18-,19-,20-,21?,22+,23+,24+,25+/m1/s1. The maximum absolute atomic E-state index is 11.3. The lowest BCUT2D eigenvalue weighted by atomic mass is 10.0. The van der Waals surface area contributed by atoms with Crippen LogP contribution in [0.1, 0.15) is 0 Å². The van der Waals surface area contributed by atoms with Crippen molar-refractivity contribution in [3.05, 3.63) is 0 Å². The molecule has 268 valence electrons. The van der Waals surface area contributed by atoms with E-state index in [2.05, 4.69) is 0 Å². The topological polar surface area (TPSA) is 326 Å². The maximum Gasteiger partial charge on any atom is 0.187 e. The molecule has 0 aliphatic carbocycles. The molecule has 1 unspecified atom stereocenters. The third kappa shape index (κ3) is 7.50. The first-order valence-corrected chi connectivity index (χ1v) is 14.7. The van der Waals surface area contributed by atoms with Crippen molar-refractivity contribution in [2.45, 2.75) is 123 Å². The van der Waals surface area contributed by atoms with Gasteiger partial charge in [0.1, 0.15) is 91.6 Å². The van der Waals surface area contributed by atoms with E-state index in [0.717, 1.165) is 0 Å². The molecule has 0 amide bonds. The Morgan fingerprint density at radius 3 is 1.52 bits per heavy atom. The van der Waals surface area contributed by atoms with E-state index in [0.29, 0.717) is 0 Å². The number of aliphatic hydroxyl groups excluding tert-OH is 12. The van der Waals surface area contributed by atoms with Gasteiger partial charge in [0.2, 0.25) is 0 Å². The summed E-state index contributed by atoms with van der Waals surface area (Å²) in [6, 6.07) is 0. The number of hydrogen-bond acceptors (Lipinski definition) is 21. The van der Waals surface area contributed by atoms with Gasteiger partial charge in [-0.15, -0.1) is 0 Å². The summed E-state index contributed by atoms with van der Waals surface area (Å²) in [5.74, 6) is 0. The highest BCUT2D eigenvalue weighted by Crippen LogP contribution is 2.32. The molecule has 5 aliphatic rings. The lowest BCUT2D eigenvalue weighted by molar-refractivity contribution is -0.370. The fraction of sp³-hybridized carbons (Fsp3) is 1.00. The van der Waals surface area contributed by atoms with Crippen LogP contribution in [-0.4, -0.2) is 217 Å². The number of hydrogen-bond donors (Lipinski definition) is 12. The normalized spacial score (nSPS) is 53.7. The minimum atomic E-state index is -1.80. The molecular formula is C25H42O21. The third-order valence-electron chi connectivity index (χ3n) is 8.47. The smallest absolute Gasteiger partial charge is 0.187 e. The molecule has 0 aromatic heterocycles. The molecule has 21 nitrogen and oxygen atoms in total. The third-order valence-corrected chi connectivity index (χ3v) is 8.47. The number of ether oxygens (including phenoxy) is 9. The average molecular weight is 679 g/mol. The fourth-order valence-corrected chi connectivity index (χ4v) is 5.59. The van der Waals surface area contributed by atoms with E-state index in [1.165, 1.54) is 0 Å². The summed E-state index contributed by atoms with van der Waals surface area (Å²) in [4.78, 5) is 0. The van der Waals surface area contributed by atoms with Crippen molar-refractivity contribution in [3.8, 4) is 0 Å². The Labute approximate surface area is 260 Å². The van der Waals surface area contributed by atoms with Crippen molar-refractivity contribution >= 4 is 0 Å². The lowest BCUT2D eigenvalue weighted by Crippen LogP contribution is -2.63. The van der Waals surface area contributed by atoms with Crippen LogP contribution in [-0.2, 0) is 42.6 Å². The van der Waals surface area contributed by atoms with Crippen LogP contribution in [0.2, 0.25) is 0 Å². The first kappa shape index (κ1) is 36.4. The monoisotopic (exact) mass is 678 g/mol. The molecule has 20 atom stereocenters. The Hall–Kier alpha value is -0.840. The molecule has 5 aliphatic heterocycles. The second kappa shape index (κ2) is 15.4. The van der Waals surface area contributed by atoms with Gasteiger partial charge in [-0.3, -0.25) is 0 Å². The molecule has 21 heteroatoms. The van der Waals surface area contributed by atoms with Gasteiger partial charge in [0, 0.05) is 0 Å². The minimum Gasteiger partial charge on any atom is -0.394 e. The van der Waals surface area contributed by atoms with Gasteiger partial charge in [-0.05, 0) is 0 Å². The molecule has 46 heavy (non-hydrogen) atoms. The van der Waals surface area contributed by atoms with E-state index in [9.17, 15) is 61.3 Å². The second-order valence-corrected chi connectivity index (χ2v) is 11.7. The molecule has 5 heterocycles. The van der Waals surface area contributed by atoms with Crippen LogP contribution in [0.3, 0.4) is 0 Å². The van der Waals surface area contributed by atoms with Gasteiger partial charge in [0.05, 0.1) is 33.0 Å². The van der Waals surface area contributed by atoms with Gasteiger partial charge in [-0.25, -0.2) is 0 Å². The lowest BCUT2D eigenvalue weighted by Gasteiger charge is -2.45. The molecule has 5 rings (SSSR count). The van der Waals surface area contributed by atoms with Crippen LogP contribution in [0.5, 0.6) is 0 Å². The van der Waals surface area contributed by atoms with Gasteiger partial charge in [-0.1, -0.05) is 0 Å². The first-order valence-electron chi connectivity index (χ1n) is 14.7. The molecule has 0 spiro atoms. The molecule has 5 fully saturated rings. The van der Waals surface area contributed by atoms with E-state index < -0.39 is 149 Å². The van der Waals surface area contributed by atoms with E-state index in [4.69, 9.17) is 42.6 Å². The maximum atomic E-state index is 11.3. The summed E-state index contributed by atoms with van der Waals surface area (Å²) < 4.78 is 49.2. The van der Waals surface area contributed by atoms with E-state index in [-0.39, 0.29) is 6.61 Å². The summed E-state index contributed by atoms with van der Waals surface area (Å²) in [6.07, 6.45) is -31.4. The van der Waals surface area contributed by atoms with E-state index in [1.54, 1.807) is 0 Å². The Morgan fingerprint density at radius 1 is 0.435 bits per heavy atom. The van der Waals surface area contributed by atoms with Crippen LogP contribution in [0.4, 0.5) is 0 Å². The van der Waals surface area contributed by atoms with Crippen molar-refractivity contribution < 1.29 is 104 Å². The quantitative estimate of drug-likeness (QED) is 0.108. The van der Waals surface area contributed by atoms with Crippen molar-refractivity contribution in [1.29, 1.82) is 0 Å². The zero-order valence-corrected chi connectivity index (χ0v) is 24.1. The Bertz CT molecular complexity index is 965. The minimum absolute atomic E-state index is 0.374. The zero-order valence-electron chi connectivity index (χ0n) is 24.1. The highest BCUT2D eigenvalue weighted by Gasteiger charge is 2.52. The highest BCUT2D eigenvalue weighted by molar-refractivity contribution is 4.94. The van der Waals surface area contributed by atoms with Crippen molar-refractivity contribution in [1.82, 2.24) is 0 Å². The fourth-order valence-electron chi connectivity index (χ4n) is 5.59. The van der Waals surface area contributed by atoms with Gasteiger partial charge in [0.25, 0.3) is 0 Å². The van der Waals surface area contributed by atoms with Crippen LogP contribution in [0.15, 0.2) is 0 Å². The summed E-state index contributed by atoms with van der Waals surface area (Å²) in [7, 11) is 0. The second-order valence-electron chi connectivity index (χ2n) is 11.7. The van der Waals surface area contributed by atoms with Crippen LogP contribution < -0.4 is 0 Å². The largest absolute Gasteiger partial charge is 0.394 e. The van der Waals surface area contributed by atoms with Crippen LogP contribution >= 0.6 is 0 Å². The highest BCUT2D eigenvalue weighted by atomic mass is 16.8. The first-order chi connectivity index (χ1) is 21.8. The summed E-state index contributed by atoms with van der Waals surface area (Å²) >= 11 is 0. The molecule has 0 aromatic rings. The zero-order chi connectivity index (χ0) is 33.4. The molecule has 12 N–H and O–H groups in total. The molecule has 0 aromatic carbocycles. The summed E-state index contributed by atoms with van der Waals surface area (Å²) in [5.41, 5.74) is 0. The number of aliphatic hydroxyl groups is 12. The number of rotatable bonds is 9. The molecular weight excluding hydrogens is 636 g/mol. The summed E-state index contributed by atoms with van der Waals surface area (Å²) in [5, 5.41) is 122. The molecule has 0 saturated carbocycles. The average Bonchev–Trinajstić information content (AvgIpc) is 3.31. The predicted molar refractivity (Wildman–Crippen MR) is 136 cm³/mol.